The molecule has 19 heavy (non-hydrogen) atoms. The van der Waals surface area contributed by atoms with Crippen molar-refractivity contribution < 1.29 is 0 Å². The van der Waals surface area contributed by atoms with Crippen LogP contribution in [0.2, 0.25) is 0 Å². The van der Waals surface area contributed by atoms with Gasteiger partial charge in [-0.05, 0) is 53.2 Å². The highest BCUT2D eigenvalue weighted by molar-refractivity contribution is 5.20. The number of aromatic nitrogens is 1. The van der Waals surface area contributed by atoms with E-state index in [4.69, 9.17) is 0 Å². The molecular formula is C18H29N. The van der Waals surface area contributed by atoms with Gasteiger partial charge in [-0.3, -0.25) is 4.98 Å². The minimum absolute atomic E-state index is 0.265. The maximum atomic E-state index is 4.14. The highest BCUT2D eigenvalue weighted by Gasteiger charge is 2.38. The van der Waals surface area contributed by atoms with E-state index in [1.165, 1.54) is 31.2 Å². The van der Waals surface area contributed by atoms with E-state index in [1.807, 2.05) is 12.4 Å². The van der Waals surface area contributed by atoms with Gasteiger partial charge >= 0.3 is 0 Å². The van der Waals surface area contributed by atoms with Crippen LogP contribution in [0.5, 0.6) is 0 Å². The van der Waals surface area contributed by atoms with E-state index in [2.05, 4.69) is 51.7 Å². The van der Waals surface area contributed by atoms with Crippen LogP contribution in [0.25, 0.3) is 0 Å². The largest absolute Gasteiger partial charge is 0.265 e. The summed E-state index contributed by atoms with van der Waals surface area (Å²) >= 11 is 0. The molecule has 1 aromatic heterocycles. The third-order valence-corrected chi connectivity index (χ3v) is 5.01. The Morgan fingerprint density at radius 1 is 1.05 bits per heavy atom. The van der Waals surface area contributed by atoms with Gasteiger partial charge in [0.25, 0.3) is 0 Å². The number of hydrogen-bond acceptors (Lipinski definition) is 1. The van der Waals surface area contributed by atoms with Crippen LogP contribution in [0.4, 0.5) is 0 Å². The van der Waals surface area contributed by atoms with Gasteiger partial charge < -0.3 is 0 Å². The fourth-order valence-corrected chi connectivity index (χ4v) is 4.00. The molecule has 1 nitrogen and oxygen atoms in total. The highest BCUT2D eigenvalue weighted by Crippen LogP contribution is 2.48. The fourth-order valence-electron chi connectivity index (χ4n) is 4.00. The Hall–Kier alpha value is -0.850. The third kappa shape index (κ3) is 3.38. The lowest BCUT2D eigenvalue weighted by atomic mass is 9.68. The predicted molar refractivity (Wildman–Crippen MR) is 82.2 cm³/mol. The normalized spacial score (nSPS) is 24.7. The van der Waals surface area contributed by atoms with E-state index < -0.39 is 0 Å². The average Bonchev–Trinajstić information content (AvgIpc) is 2.77. The van der Waals surface area contributed by atoms with Gasteiger partial charge in [0.1, 0.15) is 0 Å². The molecule has 1 heteroatoms. The second-order valence-corrected chi connectivity index (χ2v) is 7.99. The molecular weight excluding hydrogens is 230 g/mol. The van der Waals surface area contributed by atoms with Gasteiger partial charge in [-0.1, -0.05) is 47.5 Å². The van der Waals surface area contributed by atoms with Crippen molar-refractivity contribution in [2.45, 2.75) is 65.7 Å². The monoisotopic (exact) mass is 259 g/mol. The van der Waals surface area contributed by atoms with Gasteiger partial charge in [-0.15, -0.1) is 0 Å². The molecule has 1 aromatic rings. The zero-order valence-electron chi connectivity index (χ0n) is 13.2. The number of hydrogen-bond donors (Lipinski definition) is 0. The predicted octanol–water partition coefficient (Wildman–Crippen LogP) is 5.21. The molecule has 2 atom stereocenters. The molecule has 0 aliphatic heterocycles. The van der Waals surface area contributed by atoms with E-state index >= 15 is 0 Å². The van der Waals surface area contributed by atoms with Crippen molar-refractivity contribution in [1.29, 1.82) is 0 Å². The lowest BCUT2D eigenvalue weighted by Gasteiger charge is -2.37. The fraction of sp³-hybridized carbons (Fsp3) is 0.722. The minimum Gasteiger partial charge on any atom is -0.265 e. The van der Waals surface area contributed by atoms with Gasteiger partial charge in [-0.25, -0.2) is 0 Å². The van der Waals surface area contributed by atoms with E-state index in [-0.39, 0.29) is 5.41 Å². The molecule has 0 amide bonds. The van der Waals surface area contributed by atoms with Crippen molar-refractivity contribution in [2.24, 2.45) is 17.3 Å². The van der Waals surface area contributed by atoms with Gasteiger partial charge in [0.2, 0.25) is 0 Å². The first kappa shape index (κ1) is 14.6. The second-order valence-electron chi connectivity index (χ2n) is 7.99. The Morgan fingerprint density at radius 3 is 2.26 bits per heavy atom. The third-order valence-electron chi connectivity index (χ3n) is 5.01. The highest BCUT2D eigenvalue weighted by atomic mass is 14.6. The van der Waals surface area contributed by atoms with Crippen LogP contribution in [0.15, 0.2) is 24.5 Å². The van der Waals surface area contributed by atoms with Crippen LogP contribution in [0.1, 0.15) is 65.9 Å². The van der Waals surface area contributed by atoms with Crippen molar-refractivity contribution in [3.05, 3.63) is 30.1 Å². The first-order valence-corrected chi connectivity index (χ1v) is 7.71. The maximum Gasteiger partial charge on any atom is 0.0270 e. The van der Waals surface area contributed by atoms with Gasteiger partial charge in [0, 0.05) is 12.4 Å². The van der Waals surface area contributed by atoms with Crippen molar-refractivity contribution in [2.75, 3.05) is 0 Å². The van der Waals surface area contributed by atoms with E-state index in [9.17, 15) is 0 Å². The smallest absolute Gasteiger partial charge is 0.0270 e. The molecule has 106 valence electrons. The van der Waals surface area contributed by atoms with E-state index in [0.717, 1.165) is 11.8 Å². The van der Waals surface area contributed by atoms with Crippen LogP contribution in [0, 0.1) is 17.3 Å². The Balaban J connectivity index is 2.12. The SMILES string of the molecule is CC(C)(CC1CCCC1C(C)(C)C)c1ccncc1. The van der Waals surface area contributed by atoms with Gasteiger partial charge in [0.15, 0.2) is 0 Å². The summed E-state index contributed by atoms with van der Waals surface area (Å²) in [5.74, 6) is 1.76. The summed E-state index contributed by atoms with van der Waals surface area (Å²) in [5.41, 5.74) is 2.15. The first-order valence-electron chi connectivity index (χ1n) is 7.71. The zero-order valence-corrected chi connectivity index (χ0v) is 13.2. The quantitative estimate of drug-likeness (QED) is 0.726. The molecule has 1 heterocycles. The van der Waals surface area contributed by atoms with Crippen LogP contribution in [0.3, 0.4) is 0 Å². The molecule has 1 saturated carbocycles. The summed E-state index contributed by atoms with van der Waals surface area (Å²) in [5, 5.41) is 0. The molecule has 1 aliphatic carbocycles. The average molecular weight is 259 g/mol. The van der Waals surface area contributed by atoms with E-state index in [0.29, 0.717) is 5.41 Å². The van der Waals surface area contributed by atoms with E-state index in [1.54, 1.807) is 0 Å². The van der Waals surface area contributed by atoms with Crippen molar-refractivity contribution in [1.82, 2.24) is 4.98 Å². The molecule has 2 rings (SSSR count). The summed E-state index contributed by atoms with van der Waals surface area (Å²) in [6, 6.07) is 4.36. The molecule has 0 spiro atoms. The standard InChI is InChI=1S/C18H29N/c1-17(2,3)16-8-6-7-14(16)13-18(4,5)15-9-11-19-12-10-15/h9-12,14,16H,6-8,13H2,1-5H3. The van der Waals surface area contributed by atoms with Crippen LogP contribution >= 0.6 is 0 Å². The lowest BCUT2D eigenvalue weighted by Crippen LogP contribution is -2.29. The van der Waals surface area contributed by atoms with Crippen LogP contribution in [-0.4, -0.2) is 4.98 Å². The zero-order chi connectivity index (χ0) is 14.1. The Bertz CT molecular complexity index is 399. The molecule has 0 bridgehead atoms. The van der Waals surface area contributed by atoms with Crippen molar-refractivity contribution >= 4 is 0 Å². The lowest BCUT2D eigenvalue weighted by molar-refractivity contribution is 0.160. The molecule has 1 fully saturated rings. The van der Waals surface area contributed by atoms with Crippen LogP contribution < -0.4 is 0 Å². The molecule has 0 N–H and O–H groups in total. The van der Waals surface area contributed by atoms with Gasteiger partial charge in [-0.2, -0.15) is 0 Å². The van der Waals surface area contributed by atoms with Gasteiger partial charge in [0.05, 0.1) is 0 Å². The summed E-state index contributed by atoms with van der Waals surface area (Å²) in [7, 11) is 0. The molecule has 2 unspecified atom stereocenters. The van der Waals surface area contributed by atoms with Crippen molar-refractivity contribution in [3.63, 3.8) is 0 Å². The summed E-state index contributed by atoms with van der Waals surface area (Å²) in [6.45, 7) is 12.0. The number of rotatable bonds is 3. The molecule has 0 saturated heterocycles. The molecule has 1 aliphatic rings. The van der Waals surface area contributed by atoms with Crippen LogP contribution in [-0.2, 0) is 5.41 Å². The first-order chi connectivity index (χ1) is 8.81. The Morgan fingerprint density at radius 2 is 1.68 bits per heavy atom. The summed E-state index contributed by atoms with van der Waals surface area (Å²) in [4.78, 5) is 4.14. The maximum absolute atomic E-state index is 4.14. The topological polar surface area (TPSA) is 12.9 Å². The summed E-state index contributed by atoms with van der Waals surface area (Å²) in [6.07, 6.45) is 9.40. The van der Waals surface area contributed by atoms with Crippen molar-refractivity contribution in [3.8, 4) is 0 Å². The Kier molecular flexibility index (Phi) is 4.03. The number of pyridine rings is 1. The summed E-state index contributed by atoms with van der Waals surface area (Å²) < 4.78 is 0. The molecule has 0 aromatic carbocycles. The molecule has 0 radical (unpaired) electrons. The Labute approximate surface area is 118 Å². The minimum atomic E-state index is 0.265. The second kappa shape index (κ2) is 5.26. The number of nitrogens with zero attached hydrogens (tertiary/aromatic N) is 1.